The lowest BCUT2D eigenvalue weighted by Crippen LogP contribution is -2.49. The fourth-order valence-electron chi connectivity index (χ4n) is 3.09. The summed E-state index contributed by atoms with van der Waals surface area (Å²) in [6, 6.07) is 9.62. The number of aryl methyl sites for hydroxylation is 1. The molecule has 7 nitrogen and oxygen atoms in total. The van der Waals surface area contributed by atoms with Crippen molar-refractivity contribution < 1.29 is 4.79 Å². The molecule has 7 heteroatoms. The maximum atomic E-state index is 12.9. The Labute approximate surface area is 139 Å². The summed E-state index contributed by atoms with van der Waals surface area (Å²) in [5, 5.41) is 5.33. The molecule has 3 heterocycles. The summed E-state index contributed by atoms with van der Waals surface area (Å²) in [4.78, 5) is 25.4. The van der Waals surface area contributed by atoms with Crippen molar-refractivity contribution >= 4 is 22.8 Å². The normalized spacial score (nSPS) is 15.0. The van der Waals surface area contributed by atoms with Gasteiger partial charge in [0.05, 0.1) is 5.52 Å². The van der Waals surface area contributed by atoms with Crippen molar-refractivity contribution in [2.75, 3.05) is 31.1 Å². The zero-order valence-electron chi connectivity index (χ0n) is 13.5. The number of anilines is 1. The number of benzene rings is 1. The SMILES string of the molecule is Cn1nc(C(=O)N2CCN(c3ncccn3)CC2)c2ccccc21. The van der Waals surface area contributed by atoms with Crippen LogP contribution in [-0.2, 0) is 7.05 Å². The standard InChI is InChI=1S/C17H18N6O/c1-21-14-6-3-2-5-13(14)15(20-21)16(24)22-9-11-23(12-10-22)17-18-7-4-8-19-17/h2-8H,9-12H2,1H3. The van der Waals surface area contributed by atoms with Gasteiger partial charge < -0.3 is 9.80 Å². The Balaban J connectivity index is 1.52. The van der Waals surface area contributed by atoms with Crippen LogP contribution in [0.3, 0.4) is 0 Å². The zero-order valence-corrected chi connectivity index (χ0v) is 13.5. The van der Waals surface area contributed by atoms with E-state index in [0.717, 1.165) is 24.0 Å². The molecule has 1 aromatic carbocycles. The van der Waals surface area contributed by atoms with E-state index in [1.165, 1.54) is 0 Å². The maximum Gasteiger partial charge on any atom is 0.275 e. The van der Waals surface area contributed by atoms with Crippen LogP contribution in [0.5, 0.6) is 0 Å². The second-order valence-corrected chi connectivity index (χ2v) is 5.82. The van der Waals surface area contributed by atoms with Crippen LogP contribution in [-0.4, -0.2) is 56.7 Å². The molecule has 0 radical (unpaired) electrons. The van der Waals surface area contributed by atoms with E-state index in [0.29, 0.717) is 24.7 Å². The summed E-state index contributed by atoms with van der Waals surface area (Å²) in [7, 11) is 1.86. The minimum Gasteiger partial charge on any atom is -0.337 e. The number of piperazine rings is 1. The summed E-state index contributed by atoms with van der Waals surface area (Å²) in [5.74, 6) is 0.702. The minimum absolute atomic E-state index is 0.0135. The van der Waals surface area contributed by atoms with Gasteiger partial charge in [0.25, 0.3) is 5.91 Å². The Bertz CT molecular complexity index is 867. The number of rotatable bonds is 2. The van der Waals surface area contributed by atoms with Gasteiger partial charge in [-0.05, 0) is 12.1 Å². The average Bonchev–Trinajstić information content (AvgIpc) is 2.99. The van der Waals surface area contributed by atoms with E-state index in [4.69, 9.17) is 0 Å². The topological polar surface area (TPSA) is 67.2 Å². The van der Waals surface area contributed by atoms with Crippen LogP contribution >= 0.6 is 0 Å². The van der Waals surface area contributed by atoms with Crippen molar-refractivity contribution in [1.29, 1.82) is 0 Å². The first-order valence-corrected chi connectivity index (χ1v) is 7.97. The molecule has 0 N–H and O–H groups in total. The lowest BCUT2D eigenvalue weighted by atomic mass is 10.2. The fourth-order valence-corrected chi connectivity index (χ4v) is 3.09. The van der Waals surface area contributed by atoms with Crippen LogP contribution in [0.1, 0.15) is 10.5 Å². The first kappa shape index (κ1) is 14.6. The first-order valence-electron chi connectivity index (χ1n) is 7.97. The monoisotopic (exact) mass is 322 g/mol. The van der Waals surface area contributed by atoms with Crippen molar-refractivity contribution in [2.45, 2.75) is 0 Å². The number of fused-ring (bicyclic) bond motifs is 1. The van der Waals surface area contributed by atoms with Gasteiger partial charge in [0.2, 0.25) is 5.95 Å². The smallest absolute Gasteiger partial charge is 0.275 e. The number of hydrogen-bond donors (Lipinski definition) is 0. The Morgan fingerprint density at radius 2 is 1.71 bits per heavy atom. The van der Waals surface area contributed by atoms with Gasteiger partial charge in [-0.3, -0.25) is 9.48 Å². The third-order valence-electron chi connectivity index (χ3n) is 4.36. The molecule has 1 amide bonds. The largest absolute Gasteiger partial charge is 0.337 e. The molecule has 1 aliphatic rings. The number of carbonyl (C=O) groups is 1. The molecular weight excluding hydrogens is 304 g/mol. The van der Waals surface area contributed by atoms with Gasteiger partial charge in [-0.2, -0.15) is 5.10 Å². The highest BCUT2D eigenvalue weighted by Gasteiger charge is 2.26. The van der Waals surface area contributed by atoms with Crippen LogP contribution in [0.15, 0.2) is 42.7 Å². The molecule has 0 unspecified atom stereocenters. The minimum atomic E-state index is -0.0135. The number of amides is 1. The molecule has 3 aromatic rings. The highest BCUT2D eigenvalue weighted by atomic mass is 16.2. The number of hydrogen-bond acceptors (Lipinski definition) is 5. The van der Waals surface area contributed by atoms with Crippen LogP contribution in [0, 0.1) is 0 Å². The molecular formula is C17H18N6O. The van der Waals surface area contributed by atoms with Crippen molar-refractivity contribution in [2.24, 2.45) is 7.05 Å². The second kappa shape index (κ2) is 5.92. The van der Waals surface area contributed by atoms with Gasteiger partial charge in [0.1, 0.15) is 0 Å². The van der Waals surface area contributed by atoms with E-state index >= 15 is 0 Å². The van der Waals surface area contributed by atoms with Crippen molar-refractivity contribution in [3.8, 4) is 0 Å². The number of para-hydroxylation sites is 1. The Kier molecular flexibility index (Phi) is 3.60. The van der Waals surface area contributed by atoms with Gasteiger partial charge in [-0.25, -0.2) is 9.97 Å². The first-order chi connectivity index (χ1) is 11.7. The summed E-state index contributed by atoms with van der Waals surface area (Å²) in [6.07, 6.45) is 3.47. The average molecular weight is 322 g/mol. The van der Waals surface area contributed by atoms with Crippen molar-refractivity contribution in [3.63, 3.8) is 0 Å². The van der Waals surface area contributed by atoms with E-state index in [2.05, 4.69) is 20.0 Å². The van der Waals surface area contributed by atoms with Crippen LogP contribution < -0.4 is 4.90 Å². The molecule has 4 rings (SSSR count). The van der Waals surface area contributed by atoms with E-state index in [-0.39, 0.29) is 5.91 Å². The Hall–Kier alpha value is -2.96. The molecule has 1 aliphatic heterocycles. The van der Waals surface area contributed by atoms with Gasteiger partial charge in [0.15, 0.2) is 5.69 Å². The lowest BCUT2D eigenvalue weighted by molar-refractivity contribution is 0.0741. The molecule has 0 atom stereocenters. The third kappa shape index (κ3) is 2.47. The molecule has 24 heavy (non-hydrogen) atoms. The Morgan fingerprint density at radius 3 is 2.46 bits per heavy atom. The van der Waals surface area contributed by atoms with Crippen molar-refractivity contribution in [3.05, 3.63) is 48.4 Å². The fraction of sp³-hybridized carbons (Fsp3) is 0.294. The van der Waals surface area contributed by atoms with E-state index in [1.54, 1.807) is 23.1 Å². The number of nitrogens with zero attached hydrogens (tertiary/aromatic N) is 6. The highest BCUT2D eigenvalue weighted by Crippen LogP contribution is 2.20. The third-order valence-corrected chi connectivity index (χ3v) is 4.36. The highest BCUT2D eigenvalue weighted by molar-refractivity contribution is 6.04. The lowest BCUT2D eigenvalue weighted by Gasteiger charge is -2.34. The predicted molar refractivity (Wildman–Crippen MR) is 90.9 cm³/mol. The quantitative estimate of drug-likeness (QED) is 0.712. The van der Waals surface area contributed by atoms with Crippen LogP contribution in [0.4, 0.5) is 5.95 Å². The molecule has 2 aromatic heterocycles. The summed E-state index contributed by atoms with van der Waals surface area (Å²) < 4.78 is 1.76. The van der Waals surface area contributed by atoms with Gasteiger partial charge in [-0.15, -0.1) is 0 Å². The molecule has 0 bridgehead atoms. The molecule has 0 spiro atoms. The molecule has 0 saturated carbocycles. The molecule has 1 fully saturated rings. The summed E-state index contributed by atoms with van der Waals surface area (Å²) >= 11 is 0. The second-order valence-electron chi connectivity index (χ2n) is 5.82. The maximum absolute atomic E-state index is 12.9. The van der Waals surface area contributed by atoms with E-state index in [1.807, 2.05) is 36.2 Å². The molecule has 0 aliphatic carbocycles. The van der Waals surface area contributed by atoms with Crippen LogP contribution in [0.2, 0.25) is 0 Å². The van der Waals surface area contributed by atoms with Gasteiger partial charge in [-0.1, -0.05) is 18.2 Å². The van der Waals surface area contributed by atoms with Crippen LogP contribution in [0.25, 0.3) is 10.9 Å². The Morgan fingerprint density at radius 1 is 1.00 bits per heavy atom. The number of carbonyl (C=O) groups excluding carboxylic acids is 1. The number of aromatic nitrogens is 4. The summed E-state index contributed by atoms with van der Waals surface area (Å²) in [6.45, 7) is 2.73. The summed E-state index contributed by atoms with van der Waals surface area (Å²) in [5.41, 5.74) is 1.50. The van der Waals surface area contributed by atoms with E-state index < -0.39 is 0 Å². The van der Waals surface area contributed by atoms with Gasteiger partial charge in [0, 0.05) is 51.0 Å². The molecule has 122 valence electrons. The predicted octanol–water partition coefficient (Wildman–Crippen LogP) is 1.33. The molecule has 1 saturated heterocycles. The van der Waals surface area contributed by atoms with Crippen molar-refractivity contribution in [1.82, 2.24) is 24.6 Å². The van der Waals surface area contributed by atoms with E-state index in [9.17, 15) is 4.79 Å². The van der Waals surface area contributed by atoms with Gasteiger partial charge >= 0.3 is 0 Å². The zero-order chi connectivity index (χ0) is 16.5.